The summed E-state index contributed by atoms with van der Waals surface area (Å²) >= 11 is 1.89. The van der Waals surface area contributed by atoms with Crippen molar-refractivity contribution >= 4 is 23.9 Å². The van der Waals surface area contributed by atoms with E-state index in [0.29, 0.717) is 6.61 Å². The molecule has 0 spiro atoms. The number of aromatic nitrogens is 1. The van der Waals surface area contributed by atoms with Crippen LogP contribution in [0.4, 0.5) is 0 Å². The summed E-state index contributed by atoms with van der Waals surface area (Å²) in [4.78, 5) is 7.04. The highest BCUT2D eigenvalue weighted by molar-refractivity contribution is 7.98. The molecule has 0 amide bonds. The lowest BCUT2D eigenvalue weighted by Crippen LogP contribution is -2.24. The minimum Gasteiger partial charge on any atom is -0.492 e. The van der Waals surface area contributed by atoms with Gasteiger partial charge in [-0.25, -0.2) is 0 Å². The third-order valence-electron chi connectivity index (χ3n) is 4.16. The fourth-order valence-corrected chi connectivity index (χ4v) is 4.10. The number of benzene rings is 1. The fraction of sp³-hybridized carbons (Fsp3) is 0.368. The van der Waals surface area contributed by atoms with Crippen LogP contribution in [-0.2, 0) is 5.75 Å². The number of aromatic amines is 1. The van der Waals surface area contributed by atoms with Gasteiger partial charge in [-0.3, -0.25) is 0 Å². The number of hydrogen-bond donors (Lipinski definition) is 1. The third-order valence-corrected chi connectivity index (χ3v) is 5.24. The molecule has 0 unspecified atom stereocenters. The molecule has 2 heterocycles. The van der Waals surface area contributed by atoms with E-state index in [1.807, 2.05) is 11.8 Å². The number of nitrogens with one attached hydrogen (secondary N) is 1. The molecule has 1 aromatic carbocycles. The van der Waals surface area contributed by atoms with E-state index in [9.17, 15) is 0 Å². The van der Waals surface area contributed by atoms with E-state index in [4.69, 9.17) is 4.74 Å². The van der Waals surface area contributed by atoms with Crippen LogP contribution >= 0.6 is 11.8 Å². The molecular weight excluding hydrogens is 304 g/mol. The van der Waals surface area contributed by atoms with Gasteiger partial charge in [0, 0.05) is 22.5 Å². The maximum absolute atomic E-state index is 6.09. The quantitative estimate of drug-likeness (QED) is 0.935. The summed E-state index contributed by atoms with van der Waals surface area (Å²) in [6, 6.07) is 6.35. The van der Waals surface area contributed by atoms with Gasteiger partial charge in [0.25, 0.3) is 0 Å². The molecule has 0 atom stereocenters. The topological polar surface area (TPSA) is 28.3 Å². The van der Waals surface area contributed by atoms with Gasteiger partial charge in [0.2, 0.25) is 0 Å². The Bertz CT molecular complexity index is 821. The highest BCUT2D eigenvalue weighted by Gasteiger charge is 2.23. The van der Waals surface area contributed by atoms with Crippen molar-refractivity contribution in [2.24, 2.45) is 0 Å². The summed E-state index contributed by atoms with van der Waals surface area (Å²) in [5.74, 6) is 1.98. The fourth-order valence-electron chi connectivity index (χ4n) is 2.98. The van der Waals surface area contributed by atoms with Crippen LogP contribution in [0.15, 0.2) is 23.1 Å². The van der Waals surface area contributed by atoms with Crippen LogP contribution in [0.25, 0.3) is 23.4 Å². The summed E-state index contributed by atoms with van der Waals surface area (Å²) < 4.78 is 6.09. The van der Waals surface area contributed by atoms with Crippen molar-refractivity contribution in [3.63, 3.8) is 0 Å². The summed E-state index contributed by atoms with van der Waals surface area (Å²) in [5.41, 5.74) is 3.83. The first-order valence-electron chi connectivity index (χ1n) is 8.03. The number of thioether (sulfide) groups is 1. The molecule has 122 valence electrons. The van der Waals surface area contributed by atoms with Gasteiger partial charge in [-0.2, -0.15) is 0 Å². The van der Waals surface area contributed by atoms with Crippen LogP contribution in [-0.4, -0.2) is 37.1 Å². The monoisotopic (exact) mass is 328 g/mol. The van der Waals surface area contributed by atoms with Crippen LogP contribution in [0.5, 0.6) is 5.75 Å². The standard InChI is InChI=1S/C19H24N2OS/c1-5-13-14-12-23-17-9-7-8-16(22-11-10-21(3)4)18(17)19(14)20-15(13)6-2/h5-9,20H,10-12H2,1-4H3/b13-5-,15-6+. The zero-order valence-corrected chi connectivity index (χ0v) is 15.1. The number of fused-ring (bicyclic) bond motifs is 3. The Labute approximate surface area is 142 Å². The average molecular weight is 328 g/mol. The van der Waals surface area contributed by atoms with Gasteiger partial charge < -0.3 is 14.6 Å². The minimum absolute atomic E-state index is 0.698. The van der Waals surface area contributed by atoms with Crippen LogP contribution < -0.4 is 15.3 Å². The Morgan fingerprint density at radius 3 is 2.78 bits per heavy atom. The second kappa shape index (κ2) is 6.85. The van der Waals surface area contributed by atoms with E-state index in [0.717, 1.165) is 18.0 Å². The van der Waals surface area contributed by atoms with Gasteiger partial charge in [-0.05, 0) is 50.9 Å². The second-order valence-electron chi connectivity index (χ2n) is 5.95. The first-order chi connectivity index (χ1) is 11.2. The van der Waals surface area contributed by atoms with Crippen LogP contribution in [0, 0.1) is 0 Å². The van der Waals surface area contributed by atoms with Gasteiger partial charge in [-0.15, -0.1) is 11.8 Å². The van der Waals surface area contributed by atoms with Crippen LogP contribution in [0.2, 0.25) is 0 Å². The van der Waals surface area contributed by atoms with Crippen molar-refractivity contribution in [3.05, 3.63) is 34.3 Å². The predicted molar refractivity (Wildman–Crippen MR) is 99.4 cm³/mol. The molecule has 1 aliphatic rings. The second-order valence-corrected chi connectivity index (χ2v) is 6.97. The van der Waals surface area contributed by atoms with Gasteiger partial charge in [0.1, 0.15) is 12.4 Å². The van der Waals surface area contributed by atoms with Gasteiger partial charge in [-0.1, -0.05) is 18.2 Å². The Morgan fingerprint density at radius 1 is 1.26 bits per heavy atom. The van der Waals surface area contributed by atoms with Crippen LogP contribution in [0.1, 0.15) is 19.4 Å². The Hall–Kier alpha value is -1.65. The lowest BCUT2D eigenvalue weighted by Gasteiger charge is -2.20. The molecule has 0 saturated heterocycles. The summed E-state index contributed by atoms with van der Waals surface area (Å²) in [5, 5.41) is 2.53. The molecule has 3 rings (SSSR count). The Balaban J connectivity index is 2.09. The maximum Gasteiger partial charge on any atom is 0.129 e. The normalized spacial score (nSPS) is 15.0. The van der Waals surface area contributed by atoms with E-state index < -0.39 is 0 Å². The lowest BCUT2D eigenvalue weighted by atomic mass is 10.1. The van der Waals surface area contributed by atoms with Crippen molar-refractivity contribution in [2.75, 3.05) is 27.2 Å². The van der Waals surface area contributed by atoms with E-state index >= 15 is 0 Å². The summed E-state index contributed by atoms with van der Waals surface area (Å²) in [6.45, 7) is 5.80. The van der Waals surface area contributed by atoms with Gasteiger partial charge >= 0.3 is 0 Å². The predicted octanol–water partition coefficient (Wildman–Crippen LogP) is 2.83. The first kappa shape index (κ1) is 16.2. The first-order valence-corrected chi connectivity index (χ1v) is 9.01. The molecule has 1 aliphatic heterocycles. The molecule has 0 radical (unpaired) electrons. The number of rotatable bonds is 4. The maximum atomic E-state index is 6.09. The van der Waals surface area contributed by atoms with Crippen molar-refractivity contribution in [1.82, 2.24) is 9.88 Å². The highest BCUT2D eigenvalue weighted by atomic mass is 32.2. The van der Waals surface area contributed by atoms with Gasteiger partial charge in [0.05, 0.1) is 11.3 Å². The molecule has 0 bridgehead atoms. The van der Waals surface area contributed by atoms with Crippen LogP contribution in [0.3, 0.4) is 0 Å². The van der Waals surface area contributed by atoms with E-state index in [2.05, 4.69) is 68.2 Å². The van der Waals surface area contributed by atoms with E-state index in [-0.39, 0.29) is 0 Å². The molecule has 23 heavy (non-hydrogen) atoms. The SMILES string of the molecule is C/C=c1/c2c([nH]/c1=C/C)-c1c(OCCN(C)C)cccc1SC2. The molecule has 0 aliphatic carbocycles. The summed E-state index contributed by atoms with van der Waals surface area (Å²) in [6.07, 6.45) is 4.35. The molecule has 1 N–H and O–H groups in total. The van der Waals surface area contributed by atoms with Crippen molar-refractivity contribution in [2.45, 2.75) is 24.5 Å². The molecule has 1 aromatic heterocycles. The zero-order valence-electron chi connectivity index (χ0n) is 14.3. The number of H-pyrrole nitrogens is 1. The molecule has 0 saturated carbocycles. The number of hydrogen-bond acceptors (Lipinski definition) is 3. The molecule has 4 heteroatoms. The number of ether oxygens (including phenoxy) is 1. The van der Waals surface area contributed by atoms with Crippen molar-refractivity contribution in [1.29, 1.82) is 0 Å². The highest BCUT2D eigenvalue weighted by Crippen LogP contribution is 2.44. The lowest BCUT2D eigenvalue weighted by molar-refractivity contribution is 0.262. The Kier molecular flexibility index (Phi) is 4.83. The van der Waals surface area contributed by atoms with Crippen molar-refractivity contribution in [3.8, 4) is 17.0 Å². The molecular formula is C19H24N2OS. The number of likely N-dealkylation sites (N-methyl/N-ethyl adjacent to an activating group) is 1. The molecule has 2 aromatic rings. The number of nitrogens with zero attached hydrogens (tertiary/aromatic N) is 1. The average Bonchev–Trinajstić information content (AvgIpc) is 2.92. The molecule has 0 fully saturated rings. The van der Waals surface area contributed by atoms with E-state index in [1.165, 1.54) is 32.3 Å². The van der Waals surface area contributed by atoms with Crippen molar-refractivity contribution < 1.29 is 4.74 Å². The minimum atomic E-state index is 0.698. The zero-order chi connectivity index (χ0) is 16.4. The molecule has 3 nitrogen and oxygen atoms in total. The Morgan fingerprint density at radius 2 is 2.09 bits per heavy atom. The largest absolute Gasteiger partial charge is 0.492 e. The smallest absolute Gasteiger partial charge is 0.129 e. The summed E-state index contributed by atoms with van der Waals surface area (Å²) in [7, 11) is 4.13. The third kappa shape index (κ3) is 3.06. The van der Waals surface area contributed by atoms with Gasteiger partial charge in [0.15, 0.2) is 0 Å². The van der Waals surface area contributed by atoms with E-state index in [1.54, 1.807) is 0 Å².